The summed E-state index contributed by atoms with van der Waals surface area (Å²) in [6.07, 6.45) is 0. The van der Waals surface area contributed by atoms with Crippen LogP contribution in [-0.4, -0.2) is 9.97 Å². The maximum absolute atomic E-state index is 6.15. The normalized spacial score (nSPS) is 11.1. The number of aromatic amines is 1. The van der Waals surface area contributed by atoms with Gasteiger partial charge in [-0.15, -0.1) is 11.8 Å². The van der Waals surface area contributed by atoms with E-state index in [1.807, 2.05) is 36.4 Å². The molecular formula is C15H12Cl2N2S. The third-order valence-corrected chi connectivity index (χ3v) is 4.53. The zero-order valence-corrected chi connectivity index (χ0v) is 12.9. The van der Waals surface area contributed by atoms with E-state index < -0.39 is 0 Å². The van der Waals surface area contributed by atoms with Crippen molar-refractivity contribution in [3.63, 3.8) is 0 Å². The molecule has 0 amide bonds. The van der Waals surface area contributed by atoms with Crippen LogP contribution in [0.1, 0.15) is 11.4 Å². The summed E-state index contributed by atoms with van der Waals surface area (Å²) in [5.74, 6) is 2.65. The van der Waals surface area contributed by atoms with Gasteiger partial charge in [-0.2, -0.15) is 0 Å². The number of H-pyrrole nitrogens is 1. The Balaban J connectivity index is 1.64. The van der Waals surface area contributed by atoms with E-state index in [9.17, 15) is 0 Å². The average molecular weight is 323 g/mol. The zero-order valence-electron chi connectivity index (χ0n) is 10.6. The lowest BCUT2D eigenvalue weighted by Gasteiger charge is -2.03. The van der Waals surface area contributed by atoms with Crippen LogP contribution in [0.15, 0.2) is 42.5 Å². The summed E-state index contributed by atoms with van der Waals surface area (Å²) in [4.78, 5) is 7.87. The number of thioether (sulfide) groups is 1. The summed E-state index contributed by atoms with van der Waals surface area (Å²) in [6.45, 7) is 0. The van der Waals surface area contributed by atoms with Crippen molar-refractivity contribution >= 4 is 46.0 Å². The van der Waals surface area contributed by atoms with Crippen molar-refractivity contribution in [2.24, 2.45) is 0 Å². The number of aromatic nitrogens is 2. The van der Waals surface area contributed by atoms with Crippen LogP contribution >= 0.6 is 35.0 Å². The lowest BCUT2D eigenvalue weighted by Crippen LogP contribution is -1.87. The van der Waals surface area contributed by atoms with E-state index >= 15 is 0 Å². The second-order valence-electron chi connectivity index (χ2n) is 4.43. The molecule has 0 aliphatic carbocycles. The van der Waals surface area contributed by atoms with Gasteiger partial charge in [0, 0.05) is 15.8 Å². The maximum atomic E-state index is 6.15. The molecule has 0 bridgehead atoms. The highest BCUT2D eigenvalue weighted by atomic mass is 35.5. The Morgan fingerprint density at radius 1 is 1.05 bits per heavy atom. The van der Waals surface area contributed by atoms with Crippen LogP contribution in [0.2, 0.25) is 10.0 Å². The Morgan fingerprint density at radius 3 is 2.70 bits per heavy atom. The van der Waals surface area contributed by atoms with Crippen molar-refractivity contribution in [3.8, 4) is 0 Å². The zero-order chi connectivity index (χ0) is 13.9. The van der Waals surface area contributed by atoms with Gasteiger partial charge < -0.3 is 4.98 Å². The highest BCUT2D eigenvalue weighted by Gasteiger charge is 2.04. The minimum absolute atomic E-state index is 0.668. The molecule has 0 fully saturated rings. The average Bonchev–Trinajstić information content (AvgIpc) is 2.84. The summed E-state index contributed by atoms with van der Waals surface area (Å²) < 4.78 is 0. The van der Waals surface area contributed by atoms with Crippen LogP contribution in [-0.2, 0) is 11.5 Å². The van der Waals surface area contributed by atoms with E-state index in [1.165, 1.54) is 0 Å². The highest BCUT2D eigenvalue weighted by molar-refractivity contribution is 7.97. The van der Waals surface area contributed by atoms with E-state index in [0.717, 1.165) is 38.9 Å². The molecule has 2 nitrogen and oxygen atoms in total. The Kier molecular flexibility index (Phi) is 4.20. The van der Waals surface area contributed by atoms with Crippen LogP contribution < -0.4 is 0 Å². The largest absolute Gasteiger partial charge is 0.341 e. The molecular weight excluding hydrogens is 311 g/mol. The third-order valence-electron chi connectivity index (χ3n) is 2.95. The fourth-order valence-electron chi connectivity index (χ4n) is 1.97. The summed E-state index contributed by atoms with van der Waals surface area (Å²) in [5, 5.41) is 1.38. The molecule has 5 heteroatoms. The van der Waals surface area contributed by atoms with Crippen molar-refractivity contribution in [2.75, 3.05) is 0 Å². The second kappa shape index (κ2) is 6.08. The Hall–Kier alpha value is -1.16. The van der Waals surface area contributed by atoms with E-state index in [2.05, 4.69) is 9.97 Å². The number of fused-ring (bicyclic) bond motifs is 1. The van der Waals surface area contributed by atoms with Crippen molar-refractivity contribution in [1.82, 2.24) is 9.97 Å². The molecule has 0 saturated carbocycles. The fourth-order valence-corrected chi connectivity index (χ4v) is 3.43. The first-order valence-electron chi connectivity index (χ1n) is 6.18. The molecule has 0 atom stereocenters. The first-order chi connectivity index (χ1) is 9.72. The van der Waals surface area contributed by atoms with Crippen LogP contribution in [0.3, 0.4) is 0 Å². The predicted octanol–water partition coefficient (Wildman–Crippen LogP) is 5.30. The number of hydrogen-bond acceptors (Lipinski definition) is 2. The Labute approximate surface area is 131 Å². The number of nitrogens with one attached hydrogen (secondary N) is 1. The number of imidazole rings is 1. The molecule has 1 aromatic heterocycles. The highest BCUT2D eigenvalue weighted by Crippen LogP contribution is 2.26. The summed E-state index contributed by atoms with van der Waals surface area (Å²) >= 11 is 13.8. The van der Waals surface area contributed by atoms with Crippen molar-refractivity contribution in [1.29, 1.82) is 0 Å². The number of rotatable bonds is 4. The number of benzene rings is 2. The molecule has 3 aromatic rings. The van der Waals surface area contributed by atoms with Crippen molar-refractivity contribution < 1.29 is 0 Å². The van der Waals surface area contributed by atoms with Gasteiger partial charge in [0.25, 0.3) is 0 Å². The van der Waals surface area contributed by atoms with E-state index in [0.29, 0.717) is 5.02 Å². The molecule has 0 spiro atoms. The molecule has 0 saturated heterocycles. The monoisotopic (exact) mass is 322 g/mol. The van der Waals surface area contributed by atoms with Crippen LogP contribution in [0, 0.1) is 0 Å². The molecule has 1 N–H and O–H groups in total. The van der Waals surface area contributed by atoms with Gasteiger partial charge in [0.2, 0.25) is 0 Å². The topological polar surface area (TPSA) is 28.7 Å². The van der Waals surface area contributed by atoms with Crippen molar-refractivity contribution in [2.45, 2.75) is 11.5 Å². The van der Waals surface area contributed by atoms with Gasteiger partial charge in [-0.1, -0.05) is 41.4 Å². The quantitative estimate of drug-likeness (QED) is 0.705. The first-order valence-corrected chi connectivity index (χ1v) is 8.09. The second-order valence-corrected chi connectivity index (χ2v) is 6.26. The predicted molar refractivity (Wildman–Crippen MR) is 87.6 cm³/mol. The summed E-state index contributed by atoms with van der Waals surface area (Å²) in [6, 6.07) is 13.7. The first kappa shape index (κ1) is 13.8. The Bertz CT molecular complexity index is 707. The molecule has 20 heavy (non-hydrogen) atoms. The molecule has 2 aromatic carbocycles. The fraction of sp³-hybridized carbons (Fsp3) is 0.133. The van der Waals surface area contributed by atoms with E-state index in [-0.39, 0.29) is 0 Å². The van der Waals surface area contributed by atoms with Crippen LogP contribution in [0.25, 0.3) is 11.0 Å². The van der Waals surface area contributed by atoms with Crippen molar-refractivity contribution in [3.05, 3.63) is 63.9 Å². The molecule has 1 heterocycles. The van der Waals surface area contributed by atoms with E-state index in [4.69, 9.17) is 23.2 Å². The van der Waals surface area contributed by atoms with Crippen LogP contribution in [0.4, 0.5) is 0 Å². The number of halogens is 2. The Morgan fingerprint density at radius 2 is 1.90 bits per heavy atom. The van der Waals surface area contributed by atoms with Gasteiger partial charge in [-0.05, 0) is 29.8 Å². The maximum Gasteiger partial charge on any atom is 0.117 e. The van der Waals surface area contributed by atoms with Gasteiger partial charge in [-0.25, -0.2) is 4.98 Å². The molecule has 102 valence electrons. The molecule has 3 rings (SSSR count). The molecule has 0 aliphatic rings. The van der Waals surface area contributed by atoms with E-state index in [1.54, 1.807) is 17.8 Å². The lowest BCUT2D eigenvalue weighted by atomic mass is 10.2. The summed E-state index contributed by atoms with van der Waals surface area (Å²) in [7, 11) is 0. The SMILES string of the molecule is Clc1ccc(CSCc2nc3ccccc3[nH]2)c(Cl)c1. The smallest absolute Gasteiger partial charge is 0.117 e. The molecule has 0 aliphatic heterocycles. The number of nitrogens with zero attached hydrogens (tertiary/aromatic N) is 1. The molecule has 0 unspecified atom stereocenters. The van der Waals surface area contributed by atoms with Gasteiger partial charge in [-0.3, -0.25) is 0 Å². The number of hydrogen-bond donors (Lipinski definition) is 1. The number of para-hydroxylation sites is 2. The third kappa shape index (κ3) is 3.11. The van der Waals surface area contributed by atoms with Gasteiger partial charge >= 0.3 is 0 Å². The summed E-state index contributed by atoms with van der Waals surface area (Å²) in [5.41, 5.74) is 3.18. The molecule has 0 radical (unpaired) electrons. The van der Waals surface area contributed by atoms with Gasteiger partial charge in [0.15, 0.2) is 0 Å². The minimum Gasteiger partial charge on any atom is -0.341 e. The standard InChI is InChI=1S/C15H12Cl2N2S/c16-11-6-5-10(12(17)7-11)8-20-9-15-18-13-3-1-2-4-14(13)19-15/h1-7H,8-9H2,(H,18,19). The minimum atomic E-state index is 0.668. The van der Waals surface area contributed by atoms with Gasteiger partial charge in [0.05, 0.1) is 16.8 Å². The lowest BCUT2D eigenvalue weighted by molar-refractivity contribution is 1.14. The van der Waals surface area contributed by atoms with Gasteiger partial charge in [0.1, 0.15) is 5.82 Å². The van der Waals surface area contributed by atoms with Crippen LogP contribution in [0.5, 0.6) is 0 Å².